The van der Waals surface area contributed by atoms with Crippen LogP contribution in [-0.4, -0.2) is 56.6 Å². The van der Waals surface area contributed by atoms with Gasteiger partial charge in [0.2, 0.25) is 10.0 Å². The molecule has 0 radical (unpaired) electrons. The molecule has 4 nitrogen and oxygen atoms in total. The van der Waals surface area contributed by atoms with E-state index in [1.807, 2.05) is 32.8 Å². The van der Waals surface area contributed by atoms with Crippen molar-refractivity contribution in [2.75, 3.05) is 38.9 Å². The number of alkyl halides is 1. The zero-order valence-electron chi connectivity index (χ0n) is 9.90. The molecule has 6 heteroatoms. The number of sulfonamides is 1. The van der Waals surface area contributed by atoms with Crippen LogP contribution < -0.4 is 0 Å². The zero-order chi connectivity index (χ0) is 12.1. The molecule has 0 unspecified atom stereocenters. The van der Waals surface area contributed by atoms with Crippen LogP contribution in [0, 0.1) is 5.92 Å². The summed E-state index contributed by atoms with van der Waals surface area (Å²) in [6.45, 7) is 5.73. The summed E-state index contributed by atoms with van der Waals surface area (Å²) in [5, 5.41) is -0.340. The van der Waals surface area contributed by atoms with Gasteiger partial charge in [0.1, 0.15) is 5.21 Å². The van der Waals surface area contributed by atoms with E-state index >= 15 is 0 Å². The summed E-state index contributed by atoms with van der Waals surface area (Å²) in [5.41, 5.74) is 0. The Morgan fingerprint density at radius 2 is 1.73 bits per heavy atom. The lowest BCUT2D eigenvalue weighted by Gasteiger charge is -2.24. The normalized spacial score (nSPS) is 13.1. The van der Waals surface area contributed by atoms with Crippen molar-refractivity contribution in [3.63, 3.8) is 0 Å². The minimum absolute atomic E-state index is 0.310. The van der Waals surface area contributed by atoms with Crippen molar-refractivity contribution in [2.24, 2.45) is 5.92 Å². The molecule has 0 rings (SSSR count). The minimum Gasteiger partial charge on any atom is -0.308 e. The molecule has 0 spiro atoms. The second-order valence-electron chi connectivity index (χ2n) is 4.28. The number of hydrogen-bond donors (Lipinski definition) is 0. The second-order valence-corrected chi connectivity index (χ2v) is 6.83. The van der Waals surface area contributed by atoms with Gasteiger partial charge < -0.3 is 4.90 Å². The van der Waals surface area contributed by atoms with Crippen LogP contribution in [0.3, 0.4) is 0 Å². The fourth-order valence-electron chi connectivity index (χ4n) is 1.13. The van der Waals surface area contributed by atoms with Crippen molar-refractivity contribution >= 4 is 21.6 Å². The first-order valence-corrected chi connectivity index (χ1v) is 7.12. The first kappa shape index (κ1) is 15.2. The van der Waals surface area contributed by atoms with E-state index in [1.54, 1.807) is 0 Å². The van der Waals surface area contributed by atoms with E-state index in [0.717, 1.165) is 0 Å². The fourth-order valence-corrected chi connectivity index (χ4v) is 2.57. The third-order valence-electron chi connectivity index (χ3n) is 1.90. The summed E-state index contributed by atoms with van der Waals surface area (Å²) in [4.78, 5) is 1.96. The van der Waals surface area contributed by atoms with Gasteiger partial charge in [0.25, 0.3) is 0 Å². The zero-order valence-corrected chi connectivity index (χ0v) is 11.5. The summed E-state index contributed by atoms with van der Waals surface area (Å²) in [5.74, 6) is 0.310. The van der Waals surface area contributed by atoms with Gasteiger partial charge in [0.15, 0.2) is 0 Å². The van der Waals surface area contributed by atoms with Crippen molar-refractivity contribution in [2.45, 2.75) is 13.8 Å². The van der Waals surface area contributed by atoms with Crippen LogP contribution in [0.4, 0.5) is 0 Å². The fraction of sp³-hybridized carbons (Fsp3) is 1.00. The lowest BCUT2D eigenvalue weighted by molar-refractivity contribution is 0.314. The molecule has 0 amide bonds. The monoisotopic (exact) mass is 256 g/mol. The van der Waals surface area contributed by atoms with E-state index in [4.69, 9.17) is 11.6 Å². The van der Waals surface area contributed by atoms with E-state index in [-0.39, 0.29) is 5.21 Å². The van der Waals surface area contributed by atoms with Gasteiger partial charge in [-0.05, 0) is 20.0 Å². The average Bonchev–Trinajstić information content (AvgIpc) is 2.11. The van der Waals surface area contributed by atoms with Gasteiger partial charge in [-0.25, -0.2) is 8.42 Å². The van der Waals surface area contributed by atoms with Gasteiger partial charge >= 0.3 is 0 Å². The summed E-state index contributed by atoms with van der Waals surface area (Å²) in [6.07, 6.45) is 0. The summed E-state index contributed by atoms with van der Waals surface area (Å²) >= 11 is 5.44. The number of hydrogen-bond acceptors (Lipinski definition) is 3. The van der Waals surface area contributed by atoms with Gasteiger partial charge in [-0.1, -0.05) is 13.8 Å². The maximum atomic E-state index is 11.6. The smallest absolute Gasteiger partial charge is 0.228 e. The molecule has 0 fully saturated rings. The van der Waals surface area contributed by atoms with E-state index < -0.39 is 10.0 Å². The molecule has 0 bridgehead atoms. The molecule has 0 aliphatic heterocycles. The van der Waals surface area contributed by atoms with Crippen LogP contribution in [0.1, 0.15) is 13.8 Å². The average molecular weight is 257 g/mol. The third-order valence-corrected chi connectivity index (χ3v) is 4.12. The summed E-state index contributed by atoms with van der Waals surface area (Å²) in [7, 11) is 0.556. The van der Waals surface area contributed by atoms with Gasteiger partial charge in [-0.3, -0.25) is 0 Å². The molecule has 0 saturated heterocycles. The number of rotatable bonds is 7. The highest BCUT2D eigenvalue weighted by molar-refractivity contribution is 7.90. The predicted octanol–water partition coefficient (Wildman–Crippen LogP) is 1.03. The van der Waals surface area contributed by atoms with E-state index in [0.29, 0.717) is 25.6 Å². The second kappa shape index (κ2) is 6.68. The Kier molecular flexibility index (Phi) is 6.75. The van der Waals surface area contributed by atoms with Crippen molar-refractivity contribution in [3.05, 3.63) is 0 Å². The largest absolute Gasteiger partial charge is 0.308 e. The molecule has 0 aromatic carbocycles. The van der Waals surface area contributed by atoms with Crippen molar-refractivity contribution in [3.8, 4) is 0 Å². The van der Waals surface area contributed by atoms with Crippen molar-refractivity contribution in [1.82, 2.24) is 9.21 Å². The van der Waals surface area contributed by atoms with Gasteiger partial charge in [0, 0.05) is 19.6 Å². The first-order valence-electron chi connectivity index (χ1n) is 4.98. The minimum atomic E-state index is -3.28. The Bertz CT molecular complexity index is 265. The first-order chi connectivity index (χ1) is 6.79. The van der Waals surface area contributed by atoms with E-state index in [2.05, 4.69) is 0 Å². The van der Waals surface area contributed by atoms with Gasteiger partial charge in [0.05, 0.1) is 0 Å². The Hall–Kier alpha value is 0.160. The number of likely N-dealkylation sites (N-methyl/N-ethyl adjacent to an activating group) is 1. The molecule has 0 aliphatic rings. The van der Waals surface area contributed by atoms with Gasteiger partial charge in [-0.2, -0.15) is 4.31 Å². The molecular weight excluding hydrogens is 236 g/mol. The molecule has 0 saturated carbocycles. The van der Waals surface area contributed by atoms with Crippen molar-refractivity contribution in [1.29, 1.82) is 0 Å². The molecule has 0 aromatic rings. The topological polar surface area (TPSA) is 40.6 Å². The molecule has 0 N–H and O–H groups in total. The van der Waals surface area contributed by atoms with Crippen molar-refractivity contribution < 1.29 is 8.42 Å². The highest BCUT2D eigenvalue weighted by Gasteiger charge is 2.21. The van der Waals surface area contributed by atoms with E-state index in [1.165, 1.54) is 4.31 Å². The Morgan fingerprint density at radius 1 is 1.20 bits per heavy atom. The highest BCUT2D eigenvalue weighted by Crippen LogP contribution is 2.07. The Morgan fingerprint density at radius 3 is 2.07 bits per heavy atom. The SMILES string of the molecule is CC(C)CN(CCN(C)C)S(=O)(=O)CCl. The van der Waals surface area contributed by atoms with Crippen LogP contribution in [0.5, 0.6) is 0 Å². The lowest BCUT2D eigenvalue weighted by Crippen LogP contribution is -2.39. The molecule has 15 heavy (non-hydrogen) atoms. The summed E-state index contributed by atoms with van der Waals surface area (Å²) in [6, 6.07) is 0. The van der Waals surface area contributed by atoms with Crippen LogP contribution in [0.25, 0.3) is 0 Å². The third kappa shape index (κ3) is 6.35. The molecule has 0 atom stereocenters. The quantitative estimate of drug-likeness (QED) is 0.639. The lowest BCUT2D eigenvalue weighted by atomic mass is 10.2. The standard InChI is InChI=1S/C9H21ClN2O2S/c1-9(2)7-12(6-5-11(3)4)15(13,14)8-10/h9H,5-8H2,1-4H3. The molecule has 0 aliphatic carbocycles. The van der Waals surface area contributed by atoms with Crippen LogP contribution in [0.15, 0.2) is 0 Å². The van der Waals surface area contributed by atoms with Crippen LogP contribution in [-0.2, 0) is 10.0 Å². The highest BCUT2D eigenvalue weighted by atomic mass is 35.5. The maximum Gasteiger partial charge on any atom is 0.228 e. The maximum absolute atomic E-state index is 11.6. The van der Waals surface area contributed by atoms with Gasteiger partial charge in [-0.15, -0.1) is 11.6 Å². The van der Waals surface area contributed by atoms with E-state index in [9.17, 15) is 8.42 Å². The van der Waals surface area contributed by atoms with Crippen LogP contribution >= 0.6 is 11.6 Å². The molecule has 0 heterocycles. The molecular formula is C9H21ClN2O2S. The Labute approximate surface area is 98.2 Å². The van der Waals surface area contributed by atoms with Crippen LogP contribution in [0.2, 0.25) is 0 Å². The number of halogens is 1. The number of nitrogens with zero attached hydrogens (tertiary/aromatic N) is 2. The Balaban J connectivity index is 4.45. The molecule has 92 valence electrons. The summed E-state index contributed by atoms with van der Waals surface area (Å²) < 4.78 is 24.7. The molecule has 0 aromatic heterocycles. The predicted molar refractivity (Wildman–Crippen MR) is 64.6 cm³/mol.